The first-order valence-corrected chi connectivity index (χ1v) is 6.86. The molecule has 1 nitrogen and oxygen atoms in total. The molecule has 1 aliphatic rings. The predicted octanol–water partition coefficient (Wildman–Crippen LogP) is 3.55. The van der Waals surface area contributed by atoms with Crippen LogP contribution in [0.2, 0.25) is 0 Å². The minimum Gasteiger partial charge on any atom is -0.396 e. The Hall–Kier alpha value is 0.430. The number of aliphatic hydroxyl groups excluding tert-OH is 1. The predicted molar refractivity (Wildman–Crippen MR) is 69.8 cm³/mol. The molecular formula is C12H21IO. The van der Waals surface area contributed by atoms with Crippen LogP contribution in [-0.4, -0.2) is 15.6 Å². The Morgan fingerprint density at radius 2 is 2.14 bits per heavy atom. The van der Waals surface area contributed by atoms with Gasteiger partial charge in [-0.1, -0.05) is 61.3 Å². The smallest absolute Gasteiger partial charge is 0.0478 e. The Morgan fingerprint density at radius 3 is 2.57 bits per heavy atom. The van der Waals surface area contributed by atoms with Crippen LogP contribution >= 0.6 is 22.6 Å². The van der Waals surface area contributed by atoms with Crippen LogP contribution < -0.4 is 0 Å². The van der Waals surface area contributed by atoms with E-state index in [1.165, 1.54) is 32.1 Å². The van der Waals surface area contributed by atoms with Gasteiger partial charge in [0.25, 0.3) is 0 Å². The van der Waals surface area contributed by atoms with Crippen molar-refractivity contribution in [3.63, 3.8) is 0 Å². The van der Waals surface area contributed by atoms with Gasteiger partial charge in [0.15, 0.2) is 0 Å². The highest BCUT2D eigenvalue weighted by Gasteiger charge is 2.59. The number of allylic oxidation sites excluding steroid dienone is 1. The topological polar surface area (TPSA) is 20.2 Å². The molecule has 1 rings (SSSR count). The van der Waals surface area contributed by atoms with Gasteiger partial charge in [-0.15, -0.1) is 6.58 Å². The molecule has 0 heterocycles. The molecule has 0 saturated heterocycles. The van der Waals surface area contributed by atoms with Crippen LogP contribution in [0.5, 0.6) is 0 Å². The normalized spacial score (nSPS) is 35.6. The van der Waals surface area contributed by atoms with Crippen molar-refractivity contribution in [3.05, 3.63) is 12.7 Å². The second kappa shape index (κ2) is 5.50. The average molecular weight is 308 g/mol. The second-order valence-electron chi connectivity index (χ2n) is 4.32. The van der Waals surface area contributed by atoms with Crippen molar-refractivity contribution in [1.82, 2.24) is 0 Å². The van der Waals surface area contributed by atoms with E-state index in [1.54, 1.807) is 0 Å². The largest absolute Gasteiger partial charge is 0.396 e. The van der Waals surface area contributed by atoms with E-state index in [9.17, 15) is 5.11 Å². The number of hydrogen-bond donors (Lipinski definition) is 1. The van der Waals surface area contributed by atoms with E-state index in [4.69, 9.17) is 0 Å². The van der Waals surface area contributed by atoms with Gasteiger partial charge in [-0.2, -0.15) is 0 Å². The van der Waals surface area contributed by atoms with E-state index >= 15 is 0 Å². The highest BCUT2D eigenvalue weighted by molar-refractivity contribution is 14.1. The average Bonchev–Trinajstić information content (AvgIpc) is 2.78. The summed E-state index contributed by atoms with van der Waals surface area (Å²) in [4.78, 5) is 0. The molecule has 1 aliphatic carbocycles. The summed E-state index contributed by atoms with van der Waals surface area (Å²) in [6, 6.07) is 0. The summed E-state index contributed by atoms with van der Waals surface area (Å²) < 4.78 is 0.615. The Kier molecular flexibility index (Phi) is 4.91. The fourth-order valence-electron chi connectivity index (χ4n) is 2.30. The van der Waals surface area contributed by atoms with Crippen LogP contribution in [0.15, 0.2) is 12.7 Å². The van der Waals surface area contributed by atoms with Crippen LogP contribution in [0.4, 0.5) is 0 Å². The SMILES string of the molecule is C=C[C@@]1(CCCCCC)C(I)[C@H]1CO. The van der Waals surface area contributed by atoms with Gasteiger partial charge in [0, 0.05) is 21.9 Å². The molecule has 3 atom stereocenters. The molecule has 14 heavy (non-hydrogen) atoms. The van der Waals surface area contributed by atoms with E-state index < -0.39 is 0 Å². The number of aliphatic hydroxyl groups is 1. The molecule has 0 aromatic heterocycles. The molecule has 1 unspecified atom stereocenters. The molecule has 1 fully saturated rings. The Bertz CT molecular complexity index is 193. The molecule has 0 aliphatic heterocycles. The van der Waals surface area contributed by atoms with E-state index in [-0.39, 0.29) is 5.41 Å². The lowest BCUT2D eigenvalue weighted by atomic mass is 9.95. The summed E-state index contributed by atoms with van der Waals surface area (Å²) in [5.41, 5.74) is 0.267. The molecule has 0 spiro atoms. The molecule has 1 saturated carbocycles. The minimum atomic E-state index is 0.267. The fourth-order valence-corrected chi connectivity index (χ4v) is 4.01. The molecule has 1 N–H and O–H groups in total. The third kappa shape index (κ3) is 2.32. The first-order chi connectivity index (χ1) is 6.72. The monoisotopic (exact) mass is 308 g/mol. The van der Waals surface area contributed by atoms with Gasteiger partial charge < -0.3 is 5.11 Å². The zero-order valence-corrected chi connectivity index (χ0v) is 11.2. The van der Waals surface area contributed by atoms with Crippen molar-refractivity contribution >= 4 is 22.6 Å². The van der Waals surface area contributed by atoms with Gasteiger partial charge in [0.05, 0.1) is 0 Å². The van der Waals surface area contributed by atoms with Crippen LogP contribution in [0.1, 0.15) is 39.0 Å². The lowest BCUT2D eigenvalue weighted by Gasteiger charge is -2.11. The maximum Gasteiger partial charge on any atom is 0.0478 e. The first kappa shape index (κ1) is 12.5. The summed E-state index contributed by atoms with van der Waals surface area (Å²) in [7, 11) is 0. The first-order valence-electron chi connectivity index (χ1n) is 5.61. The van der Waals surface area contributed by atoms with E-state index in [0.717, 1.165) is 0 Å². The maximum atomic E-state index is 9.19. The van der Waals surface area contributed by atoms with E-state index in [0.29, 0.717) is 16.4 Å². The quantitative estimate of drug-likeness (QED) is 0.330. The second-order valence-corrected chi connectivity index (χ2v) is 5.66. The third-order valence-electron chi connectivity index (χ3n) is 3.49. The maximum absolute atomic E-state index is 9.19. The van der Waals surface area contributed by atoms with E-state index in [2.05, 4.69) is 42.2 Å². The molecule has 0 amide bonds. The van der Waals surface area contributed by atoms with E-state index in [1.807, 2.05) is 0 Å². The van der Waals surface area contributed by atoms with Gasteiger partial charge in [0.1, 0.15) is 0 Å². The Balaban J connectivity index is 2.30. The number of alkyl halides is 1. The van der Waals surface area contributed by atoms with Gasteiger partial charge >= 0.3 is 0 Å². The minimum absolute atomic E-state index is 0.267. The van der Waals surface area contributed by atoms with Crippen LogP contribution in [-0.2, 0) is 0 Å². The molecule has 0 aromatic carbocycles. The molecule has 0 aromatic rings. The highest BCUT2D eigenvalue weighted by Crippen LogP contribution is 2.61. The lowest BCUT2D eigenvalue weighted by molar-refractivity contribution is 0.256. The highest BCUT2D eigenvalue weighted by atomic mass is 127. The summed E-state index contributed by atoms with van der Waals surface area (Å²) in [5.74, 6) is 0.474. The van der Waals surface area contributed by atoms with Gasteiger partial charge in [-0.3, -0.25) is 0 Å². The molecule has 0 radical (unpaired) electrons. The fraction of sp³-hybridized carbons (Fsp3) is 0.833. The summed E-state index contributed by atoms with van der Waals surface area (Å²) in [5, 5.41) is 9.19. The van der Waals surface area contributed by atoms with Crippen molar-refractivity contribution in [2.24, 2.45) is 11.3 Å². The Morgan fingerprint density at radius 1 is 1.43 bits per heavy atom. The standard InChI is InChI=1S/C12H21IO/c1-3-5-6-7-8-12(4-2)10(9-14)11(12)13/h4,10-11,14H,2-3,5-9H2,1H3/t10-,11?,12+/m1/s1. The zero-order valence-electron chi connectivity index (χ0n) is 9.01. The van der Waals surface area contributed by atoms with Gasteiger partial charge in [0.2, 0.25) is 0 Å². The molecule has 82 valence electrons. The number of rotatable bonds is 7. The number of unbranched alkanes of at least 4 members (excludes halogenated alkanes) is 3. The third-order valence-corrected chi connectivity index (χ3v) is 5.52. The van der Waals surface area contributed by atoms with Crippen molar-refractivity contribution < 1.29 is 5.11 Å². The van der Waals surface area contributed by atoms with Crippen molar-refractivity contribution in [2.45, 2.75) is 43.0 Å². The molecule has 2 heteroatoms. The summed E-state index contributed by atoms with van der Waals surface area (Å²) >= 11 is 2.46. The Labute approximate surface area is 101 Å². The summed E-state index contributed by atoms with van der Waals surface area (Å²) in [6.07, 6.45) is 8.54. The lowest BCUT2D eigenvalue weighted by Crippen LogP contribution is -2.03. The number of halogens is 1. The van der Waals surface area contributed by atoms with Crippen LogP contribution in [0, 0.1) is 11.3 Å². The molecular weight excluding hydrogens is 287 g/mol. The van der Waals surface area contributed by atoms with Gasteiger partial charge in [-0.25, -0.2) is 0 Å². The van der Waals surface area contributed by atoms with Crippen LogP contribution in [0.3, 0.4) is 0 Å². The van der Waals surface area contributed by atoms with Crippen LogP contribution in [0.25, 0.3) is 0 Å². The van der Waals surface area contributed by atoms with Crippen molar-refractivity contribution in [3.8, 4) is 0 Å². The zero-order chi connectivity index (χ0) is 10.6. The van der Waals surface area contributed by atoms with Crippen molar-refractivity contribution in [1.29, 1.82) is 0 Å². The number of hydrogen-bond acceptors (Lipinski definition) is 1. The molecule has 0 bridgehead atoms. The van der Waals surface area contributed by atoms with Crippen molar-refractivity contribution in [2.75, 3.05) is 6.61 Å². The van der Waals surface area contributed by atoms with Gasteiger partial charge in [-0.05, 0) is 6.42 Å². The summed E-state index contributed by atoms with van der Waals surface area (Å²) in [6.45, 7) is 6.49.